The molecule has 61 heavy (non-hydrogen) atoms. The molecule has 1 aromatic heterocycles. The predicted molar refractivity (Wildman–Crippen MR) is 233 cm³/mol. The van der Waals surface area contributed by atoms with Crippen LogP contribution in [0.5, 0.6) is 11.5 Å². The average Bonchev–Trinajstić information content (AvgIpc) is 3.23. The lowest BCUT2D eigenvalue weighted by Crippen LogP contribution is -2.28. The van der Waals surface area contributed by atoms with E-state index >= 15 is 0 Å². The van der Waals surface area contributed by atoms with Crippen LogP contribution in [0.2, 0.25) is 5.02 Å². The molecule has 2 atom stereocenters. The first-order valence-electron chi connectivity index (χ1n) is 19.7. The number of hydrogen-bond acceptors (Lipinski definition) is 10. The minimum Gasteiger partial charge on any atom is -0.488 e. The Kier molecular flexibility index (Phi) is 15.1. The number of pyridine rings is 1. The van der Waals surface area contributed by atoms with E-state index in [0.29, 0.717) is 39.8 Å². The van der Waals surface area contributed by atoms with Gasteiger partial charge in [-0.25, -0.2) is 0 Å². The van der Waals surface area contributed by atoms with Gasteiger partial charge in [-0.15, -0.1) is 0 Å². The number of aliphatic hydroxyl groups excluding tert-OH is 2. The summed E-state index contributed by atoms with van der Waals surface area (Å²) in [6, 6.07) is 32.2. The van der Waals surface area contributed by atoms with Crippen molar-refractivity contribution in [2.45, 2.75) is 65.2 Å². The molecule has 0 aliphatic heterocycles. The van der Waals surface area contributed by atoms with Crippen molar-refractivity contribution < 1.29 is 39.5 Å². The molecule has 0 fully saturated rings. The van der Waals surface area contributed by atoms with Crippen molar-refractivity contribution in [2.24, 2.45) is 0 Å². The molecule has 6 rings (SSSR count). The van der Waals surface area contributed by atoms with Crippen LogP contribution in [0.1, 0.15) is 51.8 Å². The Morgan fingerprint density at radius 3 is 2.07 bits per heavy atom. The van der Waals surface area contributed by atoms with Crippen LogP contribution in [0.3, 0.4) is 0 Å². The van der Waals surface area contributed by atoms with E-state index in [-0.39, 0.29) is 39.3 Å². The second-order valence-corrected chi connectivity index (χ2v) is 15.3. The van der Waals surface area contributed by atoms with Crippen LogP contribution >= 0.6 is 11.6 Å². The summed E-state index contributed by atoms with van der Waals surface area (Å²) in [5.74, 6) is -1.28. The first-order valence-corrected chi connectivity index (χ1v) is 20.1. The summed E-state index contributed by atoms with van der Waals surface area (Å²) < 4.78 is 12.6. The van der Waals surface area contributed by atoms with Gasteiger partial charge in [-0.1, -0.05) is 72.3 Å². The lowest BCUT2D eigenvalue weighted by molar-refractivity contribution is -0.140. The van der Waals surface area contributed by atoms with Gasteiger partial charge in [0, 0.05) is 55.8 Å². The number of nitrogens with one attached hydrogen (secondary N) is 2. The molecule has 1 heterocycles. The van der Waals surface area contributed by atoms with Gasteiger partial charge >= 0.3 is 11.9 Å². The fourth-order valence-corrected chi connectivity index (χ4v) is 7.39. The smallest absolute Gasteiger partial charge is 0.306 e. The third kappa shape index (κ3) is 11.9. The Bertz CT molecular complexity index is 2580. The summed E-state index contributed by atoms with van der Waals surface area (Å²) in [5.41, 5.74) is 10.3. The fourth-order valence-electron chi connectivity index (χ4n) is 7.15. The molecule has 12 nitrogen and oxygen atoms in total. The van der Waals surface area contributed by atoms with Gasteiger partial charge in [-0.3, -0.25) is 14.6 Å². The maximum atomic E-state index is 11.0. The van der Waals surface area contributed by atoms with Crippen LogP contribution in [-0.2, 0) is 35.9 Å². The molecule has 6 N–H and O–H groups in total. The Labute approximate surface area is 359 Å². The molecular formula is C48H47ClN4O8. The predicted octanol–water partition coefficient (Wildman–Crippen LogP) is 7.72. The maximum absolute atomic E-state index is 11.0. The third-order valence-corrected chi connectivity index (χ3v) is 10.6. The van der Waals surface area contributed by atoms with E-state index in [9.17, 15) is 25.1 Å². The lowest BCUT2D eigenvalue weighted by Gasteiger charge is -2.18. The van der Waals surface area contributed by atoms with Crippen molar-refractivity contribution in [1.29, 1.82) is 5.26 Å². The first kappa shape index (κ1) is 44.2. The number of rotatable bonds is 20. The number of ether oxygens (including phenoxy) is 2. The summed E-state index contributed by atoms with van der Waals surface area (Å²) in [7, 11) is 0. The van der Waals surface area contributed by atoms with Crippen molar-refractivity contribution in [2.75, 3.05) is 13.1 Å². The van der Waals surface area contributed by atoms with Gasteiger partial charge in [0.2, 0.25) is 0 Å². The molecule has 0 saturated heterocycles. The van der Waals surface area contributed by atoms with Gasteiger partial charge < -0.3 is 40.5 Å². The topological polar surface area (TPSA) is 194 Å². The highest BCUT2D eigenvalue weighted by molar-refractivity contribution is 6.32. The maximum Gasteiger partial charge on any atom is 0.306 e. The van der Waals surface area contributed by atoms with Crippen LogP contribution in [0.4, 0.5) is 0 Å². The first-order chi connectivity index (χ1) is 29.4. The van der Waals surface area contributed by atoms with Crippen molar-refractivity contribution in [3.8, 4) is 39.8 Å². The summed E-state index contributed by atoms with van der Waals surface area (Å²) in [6.45, 7) is 5.51. The Morgan fingerprint density at radius 2 is 1.34 bits per heavy atom. The summed E-state index contributed by atoms with van der Waals surface area (Å²) in [4.78, 5) is 26.0. The van der Waals surface area contributed by atoms with E-state index in [2.05, 4.69) is 90.1 Å². The number of halogens is 1. The molecule has 314 valence electrons. The third-order valence-electron chi connectivity index (χ3n) is 10.3. The van der Waals surface area contributed by atoms with Crippen LogP contribution < -0.4 is 20.1 Å². The number of carboxylic acids is 2. The van der Waals surface area contributed by atoms with E-state index in [1.54, 1.807) is 24.4 Å². The van der Waals surface area contributed by atoms with E-state index in [1.807, 2.05) is 18.2 Å². The molecule has 0 aliphatic rings. The highest BCUT2D eigenvalue weighted by atomic mass is 35.5. The molecule has 0 saturated carbocycles. The zero-order valence-electron chi connectivity index (χ0n) is 33.8. The molecule has 0 unspecified atom stereocenters. The number of carboxylic acid groups (broad SMARTS) is 2. The number of aromatic nitrogens is 1. The SMILES string of the molecule is Cc1c(COc2cc(OCc3cncc(C#N)c3)c(CNC[C@@H](O)CC(=O)O)cc2Cl)cccc1-c1cccc(-c2ccc3cc(CNC[C@@H](O)CC(=O)O)ccc3c2)c1C. The van der Waals surface area contributed by atoms with Crippen molar-refractivity contribution >= 4 is 34.3 Å². The number of hydrogen-bond donors (Lipinski definition) is 6. The van der Waals surface area contributed by atoms with E-state index < -0.39 is 30.6 Å². The molecule has 0 radical (unpaired) electrons. The van der Waals surface area contributed by atoms with E-state index in [4.69, 9.17) is 31.3 Å². The quantitative estimate of drug-likeness (QED) is 0.0439. The average molecular weight is 843 g/mol. The zero-order valence-corrected chi connectivity index (χ0v) is 34.6. The number of nitrogens with zero attached hydrogens (tertiary/aromatic N) is 2. The molecule has 5 aromatic carbocycles. The largest absolute Gasteiger partial charge is 0.488 e. The van der Waals surface area contributed by atoms with E-state index in [0.717, 1.165) is 55.3 Å². The molecule has 0 aliphatic carbocycles. The lowest BCUT2D eigenvalue weighted by atomic mass is 9.89. The van der Waals surface area contributed by atoms with Gasteiger partial charge in [0.15, 0.2) is 0 Å². The Morgan fingerprint density at radius 1 is 0.705 bits per heavy atom. The van der Waals surface area contributed by atoms with Gasteiger partial charge in [0.05, 0.1) is 35.6 Å². The van der Waals surface area contributed by atoms with Gasteiger partial charge in [0.1, 0.15) is 30.8 Å². The molecule has 0 bridgehead atoms. The number of nitriles is 1. The monoisotopic (exact) mass is 842 g/mol. The number of aliphatic carboxylic acids is 2. The number of benzene rings is 5. The molecule has 0 spiro atoms. The summed E-state index contributed by atoms with van der Waals surface area (Å²) in [6.07, 6.45) is 0.377. The van der Waals surface area contributed by atoms with Crippen LogP contribution in [-0.4, -0.2) is 62.6 Å². The number of carbonyl (C=O) groups is 2. The van der Waals surface area contributed by atoms with Crippen LogP contribution in [0, 0.1) is 25.2 Å². The van der Waals surface area contributed by atoms with Gasteiger partial charge in [-0.2, -0.15) is 5.26 Å². The van der Waals surface area contributed by atoms with Crippen molar-refractivity contribution in [3.05, 3.63) is 147 Å². The minimum absolute atomic E-state index is 0.0450. The normalized spacial score (nSPS) is 12.1. The van der Waals surface area contributed by atoms with Crippen molar-refractivity contribution in [1.82, 2.24) is 15.6 Å². The van der Waals surface area contributed by atoms with Crippen LogP contribution in [0.25, 0.3) is 33.0 Å². The second kappa shape index (κ2) is 20.8. The highest BCUT2D eigenvalue weighted by Gasteiger charge is 2.17. The summed E-state index contributed by atoms with van der Waals surface area (Å²) in [5, 5.41) is 55.8. The molecule has 13 heteroatoms. The Balaban J connectivity index is 1.19. The van der Waals surface area contributed by atoms with Crippen LogP contribution in [0.15, 0.2) is 103 Å². The van der Waals surface area contributed by atoms with Crippen molar-refractivity contribution in [3.63, 3.8) is 0 Å². The highest BCUT2D eigenvalue weighted by Crippen LogP contribution is 2.37. The molecule has 6 aromatic rings. The fraction of sp³-hybridized carbons (Fsp3) is 0.250. The van der Waals surface area contributed by atoms with Gasteiger partial charge in [-0.05, 0) is 93.4 Å². The molecular weight excluding hydrogens is 796 g/mol. The molecule has 0 amide bonds. The summed E-state index contributed by atoms with van der Waals surface area (Å²) >= 11 is 6.78. The second-order valence-electron chi connectivity index (χ2n) is 14.9. The van der Waals surface area contributed by atoms with Gasteiger partial charge in [0.25, 0.3) is 0 Å². The minimum atomic E-state index is -1.10. The number of fused-ring (bicyclic) bond motifs is 1. The standard InChI is InChI=1S/C48H47ClN4O8/c1-29-37(28-61-46-19-45(60-27-33-13-32(20-50)22-51-23-33)38(16-44(46)49)24-53-26-40(55)18-48(58)59)5-3-7-42(29)43-8-4-6-41(30(43)2)36-12-11-34-14-31(9-10-35(34)15-36)21-52-25-39(54)17-47(56)57/h3-16,19,22-23,39-40,52-55H,17-18,21,24-28H2,1-2H3,(H,56,57)(H,58,59)/t39-,40-/m0/s1. The number of aliphatic hydroxyl groups is 2. The van der Waals surface area contributed by atoms with E-state index in [1.165, 1.54) is 6.20 Å². The Hall–Kier alpha value is -6.33. The zero-order chi connectivity index (χ0) is 43.5.